The van der Waals surface area contributed by atoms with Gasteiger partial charge in [0.25, 0.3) is 5.91 Å². The third kappa shape index (κ3) is 6.05. The highest BCUT2D eigenvalue weighted by Gasteiger charge is 2.53. The van der Waals surface area contributed by atoms with E-state index in [2.05, 4.69) is 10.3 Å². The van der Waals surface area contributed by atoms with Crippen LogP contribution in [0.1, 0.15) is 22.3 Å². The minimum absolute atomic E-state index is 0.00313. The standard InChI is InChI=1S/C24H24N4O6S3/c1-3-34-23(33)19-14(2)25-24(37-19)36-13-16(29)26-17-20(30)28-18(22(31)32)15(12-35-21(17)28)8-7-11-27-9-5-4-6-10-27/h4-10,17,21H,3,11-13H2,1-2H3,(H-,26,29,31,32)/p+1/b8-7+/t17-,21-/m1/s1. The predicted octanol–water partition coefficient (Wildman–Crippen LogP) is 2.00. The largest absolute Gasteiger partial charge is 0.477 e. The summed E-state index contributed by atoms with van der Waals surface area (Å²) in [6.07, 6.45) is 7.40. The molecule has 0 saturated carbocycles. The highest BCUT2D eigenvalue weighted by atomic mass is 32.2. The fourth-order valence-electron chi connectivity index (χ4n) is 3.81. The van der Waals surface area contributed by atoms with Crippen LogP contribution in [0.3, 0.4) is 0 Å². The molecule has 37 heavy (non-hydrogen) atoms. The van der Waals surface area contributed by atoms with Crippen LogP contribution in [0.25, 0.3) is 0 Å². The van der Waals surface area contributed by atoms with Crippen molar-refractivity contribution in [1.82, 2.24) is 15.2 Å². The Morgan fingerprint density at radius 3 is 2.78 bits per heavy atom. The number of rotatable bonds is 10. The highest BCUT2D eigenvalue weighted by molar-refractivity contribution is 8.01. The predicted molar refractivity (Wildman–Crippen MR) is 139 cm³/mol. The number of hydrogen-bond donors (Lipinski definition) is 2. The summed E-state index contributed by atoms with van der Waals surface area (Å²) in [5.74, 6) is -2.04. The summed E-state index contributed by atoms with van der Waals surface area (Å²) in [6, 6.07) is 4.92. The molecule has 2 atom stereocenters. The van der Waals surface area contributed by atoms with Crippen molar-refractivity contribution in [2.45, 2.75) is 36.1 Å². The van der Waals surface area contributed by atoms with Crippen molar-refractivity contribution in [1.29, 1.82) is 0 Å². The third-order valence-corrected chi connectivity index (χ3v) is 9.08. The number of ether oxygens (including phenoxy) is 1. The zero-order valence-electron chi connectivity index (χ0n) is 20.1. The van der Waals surface area contributed by atoms with Crippen LogP contribution in [0, 0.1) is 6.92 Å². The number of thiazole rings is 1. The lowest BCUT2D eigenvalue weighted by molar-refractivity contribution is -0.687. The molecule has 2 N–H and O–H groups in total. The molecule has 13 heteroatoms. The van der Waals surface area contributed by atoms with E-state index in [9.17, 15) is 24.3 Å². The van der Waals surface area contributed by atoms with Crippen LogP contribution in [0.5, 0.6) is 0 Å². The molecule has 0 radical (unpaired) electrons. The molecule has 0 bridgehead atoms. The molecule has 2 amide bonds. The first kappa shape index (κ1) is 26.9. The molecule has 0 spiro atoms. The second-order valence-electron chi connectivity index (χ2n) is 8.01. The number of thioether (sulfide) groups is 2. The van der Waals surface area contributed by atoms with Crippen molar-refractivity contribution in [3.05, 3.63) is 64.6 Å². The lowest BCUT2D eigenvalue weighted by Crippen LogP contribution is -2.70. The number of carboxylic acids is 1. The number of pyridine rings is 1. The Morgan fingerprint density at radius 1 is 1.32 bits per heavy atom. The van der Waals surface area contributed by atoms with Gasteiger partial charge in [-0.1, -0.05) is 23.9 Å². The second-order valence-corrected chi connectivity index (χ2v) is 11.3. The molecule has 0 unspecified atom stereocenters. The molecule has 4 rings (SSSR count). The van der Waals surface area contributed by atoms with E-state index >= 15 is 0 Å². The first-order valence-electron chi connectivity index (χ1n) is 11.4. The average molecular weight is 562 g/mol. The summed E-state index contributed by atoms with van der Waals surface area (Å²) in [5, 5.41) is 12.0. The summed E-state index contributed by atoms with van der Waals surface area (Å²) < 4.78 is 7.50. The van der Waals surface area contributed by atoms with Gasteiger partial charge in [0, 0.05) is 17.9 Å². The van der Waals surface area contributed by atoms with E-state index in [4.69, 9.17) is 4.74 Å². The van der Waals surface area contributed by atoms with Gasteiger partial charge in [-0.15, -0.1) is 23.1 Å². The van der Waals surface area contributed by atoms with Crippen LogP contribution in [0.2, 0.25) is 0 Å². The van der Waals surface area contributed by atoms with Crippen LogP contribution >= 0.6 is 34.9 Å². The van der Waals surface area contributed by atoms with Crippen LogP contribution in [0.4, 0.5) is 0 Å². The van der Waals surface area contributed by atoms with Crippen molar-refractivity contribution in [3.63, 3.8) is 0 Å². The number of allylic oxidation sites excluding steroid dienone is 2. The Bertz CT molecular complexity index is 1280. The first-order chi connectivity index (χ1) is 17.8. The number of nitrogens with one attached hydrogen (secondary N) is 1. The zero-order valence-corrected chi connectivity index (χ0v) is 22.5. The van der Waals surface area contributed by atoms with Crippen LogP contribution < -0.4 is 9.88 Å². The summed E-state index contributed by atoms with van der Waals surface area (Å²) in [5.41, 5.74) is 1.04. The number of nitrogens with zero attached hydrogens (tertiary/aromatic N) is 3. The molecule has 2 aliphatic rings. The van der Waals surface area contributed by atoms with E-state index in [1.807, 2.05) is 41.2 Å². The highest BCUT2D eigenvalue weighted by Crippen LogP contribution is 2.40. The van der Waals surface area contributed by atoms with Gasteiger partial charge in [-0.3, -0.25) is 14.5 Å². The molecular formula is C24H25N4O6S3+. The molecule has 2 aromatic rings. The Kier molecular flexibility index (Phi) is 8.67. The maximum atomic E-state index is 12.8. The van der Waals surface area contributed by atoms with Crippen LogP contribution in [-0.2, 0) is 25.7 Å². The number of fused-ring (bicyclic) bond motifs is 1. The topological polar surface area (TPSA) is 130 Å². The number of aliphatic carboxylic acids is 1. The van der Waals surface area contributed by atoms with E-state index in [0.29, 0.717) is 32.8 Å². The molecule has 10 nitrogen and oxygen atoms in total. The van der Waals surface area contributed by atoms with Gasteiger partial charge >= 0.3 is 11.9 Å². The summed E-state index contributed by atoms with van der Waals surface area (Å²) in [7, 11) is 0. The van der Waals surface area contributed by atoms with Gasteiger partial charge in [-0.2, -0.15) is 0 Å². The minimum atomic E-state index is -1.18. The maximum absolute atomic E-state index is 12.8. The number of carboxylic acid groups (broad SMARTS) is 1. The summed E-state index contributed by atoms with van der Waals surface area (Å²) >= 11 is 3.73. The van der Waals surface area contributed by atoms with E-state index in [1.54, 1.807) is 19.9 Å². The molecule has 194 valence electrons. The van der Waals surface area contributed by atoms with Crippen LogP contribution in [-0.4, -0.2) is 68.3 Å². The number of amides is 2. The molecule has 1 fully saturated rings. The monoisotopic (exact) mass is 561 g/mol. The van der Waals surface area contributed by atoms with Crippen molar-refractivity contribution >= 4 is 58.6 Å². The lowest BCUT2D eigenvalue weighted by Gasteiger charge is -2.49. The first-order valence-corrected chi connectivity index (χ1v) is 14.2. The molecule has 2 aliphatic heterocycles. The van der Waals surface area contributed by atoms with E-state index in [0.717, 1.165) is 23.1 Å². The number of β-lactam (4-membered cyclic amide) rings is 1. The Balaban J connectivity index is 1.35. The smallest absolute Gasteiger partial charge is 0.352 e. The normalized spacial score (nSPS) is 19.0. The number of aryl methyl sites for hydroxylation is 1. The maximum Gasteiger partial charge on any atom is 0.352 e. The van der Waals surface area contributed by atoms with Gasteiger partial charge in [0.05, 0.1) is 18.1 Å². The van der Waals surface area contributed by atoms with Gasteiger partial charge in [-0.05, 0) is 25.5 Å². The van der Waals surface area contributed by atoms with Crippen molar-refractivity contribution in [2.75, 3.05) is 18.1 Å². The summed E-state index contributed by atoms with van der Waals surface area (Å²) in [4.78, 5) is 55.3. The molecule has 0 aromatic carbocycles. The number of carbonyl (C=O) groups is 4. The summed E-state index contributed by atoms with van der Waals surface area (Å²) in [6.45, 7) is 4.25. The second kappa shape index (κ2) is 11.9. The Morgan fingerprint density at radius 2 is 2.08 bits per heavy atom. The van der Waals surface area contributed by atoms with E-state index in [-0.39, 0.29) is 24.0 Å². The molecule has 2 aromatic heterocycles. The van der Waals surface area contributed by atoms with E-state index in [1.165, 1.54) is 16.7 Å². The zero-order chi connectivity index (χ0) is 26.5. The van der Waals surface area contributed by atoms with Crippen LogP contribution in [0.15, 0.2) is 58.4 Å². The molecule has 1 saturated heterocycles. The molecule has 0 aliphatic carbocycles. The van der Waals surface area contributed by atoms with Gasteiger partial charge in [0.15, 0.2) is 23.3 Å². The fraction of sp³-hybridized carbons (Fsp3) is 0.333. The van der Waals surface area contributed by atoms with Gasteiger partial charge in [0.1, 0.15) is 22.0 Å². The number of carbonyl (C=O) groups excluding carboxylic acids is 3. The quantitative estimate of drug-likeness (QED) is 0.194. The van der Waals surface area contributed by atoms with Crippen molar-refractivity contribution < 1.29 is 33.6 Å². The number of esters is 1. The number of aromatic nitrogens is 2. The molecular weight excluding hydrogens is 536 g/mol. The fourth-order valence-corrected chi connectivity index (χ4v) is 7.02. The van der Waals surface area contributed by atoms with Gasteiger partial charge in [0.2, 0.25) is 5.91 Å². The Labute approximate surface area is 225 Å². The minimum Gasteiger partial charge on any atom is -0.477 e. The SMILES string of the molecule is CCOC(=O)c1sc(SCC(=O)N[C@@H]2C(=O)N3C(C(=O)O)=C(/C=C/C[n+]4ccccc4)CS[C@H]23)nc1C. The third-order valence-electron chi connectivity index (χ3n) is 5.49. The van der Waals surface area contributed by atoms with Crippen molar-refractivity contribution in [2.24, 2.45) is 0 Å². The Hall–Kier alpha value is -3.16. The number of hydrogen-bond acceptors (Lipinski definition) is 9. The van der Waals surface area contributed by atoms with Gasteiger partial charge < -0.3 is 15.2 Å². The van der Waals surface area contributed by atoms with E-state index < -0.39 is 29.3 Å². The van der Waals surface area contributed by atoms with Crippen molar-refractivity contribution in [3.8, 4) is 0 Å². The molecule has 4 heterocycles. The lowest BCUT2D eigenvalue weighted by atomic mass is 10.0. The van der Waals surface area contributed by atoms with Gasteiger partial charge in [-0.25, -0.2) is 19.1 Å². The average Bonchev–Trinajstić information content (AvgIpc) is 3.26.